The lowest BCUT2D eigenvalue weighted by molar-refractivity contribution is -0.146. The van der Waals surface area contributed by atoms with Gasteiger partial charge in [-0.1, -0.05) is 19.3 Å². The quantitative estimate of drug-likeness (QED) is 0.761. The molecule has 0 aliphatic heterocycles. The predicted molar refractivity (Wildman–Crippen MR) is 58.7 cm³/mol. The van der Waals surface area contributed by atoms with Crippen molar-refractivity contribution < 1.29 is 9.90 Å². The van der Waals surface area contributed by atoms with Crippen LogP contribution in [0.1, 0.15) is 44.9 Å². The molecule has 0 bridgehead atoms. The van der Waals surface area contributed by atoms with Crippen molar-refractivity contribution in [2.75, 3.05) is 0 Å². The average Bonchev–Trinajstić information content (AvgIpc) is 2.24. The Hall–Kier alpha value is -1.08. The second kappa shape index (κ2) is 4.42. The van der Waals surface area contributed by atoms with Crippen molar-refractivity contribution in [2.24, 2.45) is 5.92 Å². The lowest BCUT2D eigenvalue weighted by Gasteiger charge is -2.44. The van der Waals surface area contributed by atoms with E-state index in [1.165, 1.54) is 19.3 Å². The maximum Gasteiger partial charge on any atom is 0.306 e. The normalized spacial score (nSPS) is 35.1. The first kappa shape index (κ1) is 11.4. The van der Waals surface area contributed by atoms with Crippen LogP contribution < -0.4 is 5.32 Å². The molecule has 0 saturated heterocycles. The van der Waals surface area contributed by atoms with E-state index in [4.69, 9.17) is 10.4 Å². The van der Waals surface area contributed by atoms with E-state index in [0.29, 0.717) is 18.9 Å². The number of rotatable bonds is 3. The molecule has 0 heterocycles. The van der Waals surface area contributed by atoms with E-state index in [1.54, 1.807) is 0 Å². The van der Waals surface area contributed by atoms with Gasteiger partial charge in [0.15, 0.2) is 0 Å². The fourth-order valence-electron chi connectivity index (χ4n) is 2.84. The summed E-state index contributed by atoms with van der Waals surface area (Å²) in [5, 5.41) is 21.4. The molecule has 2 N–H and O–H groups in total. The van der Waals surface area contributed by atoms with E-state index in [9.17, 15) is 4.79 Å². The van der Waals surface area contributed by atoms with Crippen molar-refractivity contribution in [3.05, 3.63) is 0 Å². The van der Waals surface area contributed by atoms with Gasteiger partial charge in [-0.25, -0.2) is 0 Å². The summed E-state index contributed by atoms with van der Waals surface area (Å²) < 4.78 is 0. The number of carboxylic acid groups (broad SMARTS) is 1. The molecular formula is C12H18N2O2. The molecule has 4 heteroatoms. The lowest BCUT2D eigenvalue weighted by atomic mass is 9.68. The van der Waals surface area contributed by atoms with E-state index in [0.717, 1.165) is 12.8 Å². The lowest BCUT2D eigenvalue weighted by Crippen LogP contribution is -2.59. The van der Waals surface area contributed by atoms with Gasteiger partial charge in [-0.05, 0) is 25.7 Å². The maximum atomic E-state index is 10.7. The summed E-state index contributed by atoms with van der Waals surface area (Å²) >= 11 is 0. The minimum atomic E-state index is -0.767. The van der Waals surface area contributed by atoms with Crippen molar-refractivity contribution in [1.82, 2.24) is 5.32 Å². The number of carboxylic acids is 1. The van der Waals surface area contributed by atoms with Crippen LogP contribution in [0.25, 0.3) is 0 Å². The number of hydrogen-bond acceptors (Lipinski definition) is 3. The Morgan fingerprint density at radius 1 is 1.31 bits per heavy atom. The first-order chi connectivity index (χ1) is 7.65. The summed E-state index contributed by atoms with van der Waals surface area (Å²) in [6, 6.07) is 2.69. The molecule has 2 fully saturated rings. The Morgan fingerprint density at radius 2 is 1.94 bits per heavy atom. The van der Waals surface area contributed by atoms with Gasteiger partial charge in [-0.2, -0.15) is 5.26 Å². The minimum absolute atomic E-state index is 0.323. The zero-order chi connectivity index (χ0) is 11.6. The second-order valence-corrected chi connectivity index (χ2v) is 5.12. The van der Waals surface area contributed by atoms with Gasteiger partial charge in [0.1, 0.15) is 5.54 Å². The Kier molecular flexibility index (Phi) is 3.15. The Balaban J connectivity index is 1.87. The molecule has 4 nitrogen and oxygen atoms in total. The fourth-order valence-corrected chi connectivity index (χ4v) is 2.84. The molecule has 0 aromatic rings. The summed E-state index contributed by atoms with van der Waals surface area (Å²) in [6.45, 7) is 0. The molecule has 2 rings (SSSR count). The van der Waals surface area contributed by atoms with E-state index in [-0.39, 0.29) is 5.92 Å². The SMILES string of the molecule is N#CC1(NC2CCCCC2)CC(C(=O)O)C1. The van der Waals surface area contributed by atoms with Crippen LogP contribution in [0.3, 0.4) is 0 Å². The van der Waals surface area contributed by atoms with Gasteiger partial charge >= 0.3 is 5.97 Å². The molecular weight excluding hydrogens is 204 g/mol. The van der Waals surface area contributed by atoms with Crippen LogP contribution in [0.4, 0.5) is 0 Å². The Labute approximate surface area is 95.6 Å². The topological polar surface area (TPSA) is 73.1 Å². The number of hydrogen-bond donors (Lipinski definition) is 2. The Morgan fingerprint density at radius 3 is 2.44 bits per heavy atom. The molecule has 0 unspecified atom stereocenters. The number of nitrogens with zero attached hydrogens (tertiary/aromatic N) is 1. The summed E-state index contributed by atoms with van der Waals surface area (Å²) in [5.74, 6) is -1.09. The maximum absolute atomic E-state index is 10.7. The highest BCUT2D eigenvalue weighted by Gasteiger charge is 2.48. The number of carbonyl (C=O) groups is 1. The molecule has 0 amide bonds. The highest BCUT2D eigenvalue weighted by molar-refractivity contribution is 5.72. The molecule has 0 radical (unpaired) electrons. The van der Waals surface area contributed by atoms with Crippen LogP contribution in [0.15, 0.2) is 0 Å². The molecule has 0 aromatic heterocycles. The standard InChI is InChI=1S/C12H18N2O2/c13-8-12(6-9(7-12)11(15)16)14-10-4-2-1-3-5-10/h9-10,14H,1-7H2,(H,15,16). The monoisotopic (exact) mass is 222 g/mol. The van der Waals surface area contributed by atoms with Crippen molar-refractivity contribution in [3.63, 3.8) is 0 Å². The number of nitrogens with one attached hydrogen (secondary N) is 1. The van der Waals surface area contributed by atoms with Crippen molar-refractivity contribution in [2.45, 2.75) is 56.5 Å². The van der Waals surface area contributed by atoms with Crippen LogP contribution in [0, 0.1) is 17.2 Å². The first-order valence-corrected chi connectivity index (χ1v) is 6.07. The van der Waals surface area contributed by atoms with Gasteiger partial charge in [0, 0.05) is 6.04 Å². The summed E-state index contributed by atoms with van der Waals surface area (Å²) in [7, 11) is 0. The molecule has 88 valence electrons. The third kappa shape index (κ3) is 2.19. The van der Waals surface area contributed by atoms with E-state index >= 15 is 0 Å². The van der Waals surface area contributed by atoms with Gasteiger partial charge in [-0.15, -0.1) is 0 Å². The molecule has 2 aliphatic carbocycles. The van der Waals surface area contributed by atoms with Crippen LogP contribution >= 0.6 is 0 Å². The first-order valence-electron chi connectivity index (χ1n) is 6.07. The smallest absolute Gasteiger partial charge is 0.306 e. The van der Waals surface area contributed by atoms with Crippen molar-refractivity contribution in [3.8, 4) is 6.07 Å². The molecule has 2 saturated carbocycles. The molecule has 0 aromatic carbocycles. The molecule has 2 aliphatic rings. The number of nitriles is 1. The largest absolute Gasteiger partial charge is 0.481 e. The van der Waals surface area contributed by atoms with Gasteiger partial charge in [0.2, 0.25) is 0 Å². The van der Waals surface area contributed by atoms with Crippen LogP contribution in [-0.4, -0.2) is 22.7 Å². The summed E-state index contributed by atoms with van der Waals surface area (Å²) in [4.78, 5) is 10.7. The highest BCUT2D eigenvalue weighted by atomic mass is 16.4. The van der Waals surface area contributed by atoms with Gasteiger partial charge in [0.05, 0.1) is 12.0 Å². The third-order valence-corrected chi connectivity index (χ3v) is 3.84. The number of aliphatic carboxylic acids is 1. The van der Waals surface area contributed by atoms with Crippen molar-refractivity contribution >= 4 is 5.97 Å². The van der Waals surface area contributed by atoms with Crippen LogP contribution in [0.5, 0.6) is 0 Å². The highest BCUT2D eigenvalue weighted by Crippen LogP contribution is 2.38. The van der Waals surface area contributed by atoms with E-state index < -0.39 is 11.5 Å². The van der Waals surface area contributed by atoms with E-state index in [1.807, 2.05) is 0 Å². The third-order valence-electron chi connectivity index (χ3n) is 3.84. The molecule has 16 heavy (non-hydrogen) atoms. The van der Waals surface area contributed by atoms with Crippen LogP contribution in [-0.2, 0) is 4.79 Å². The predicted octanol–water partition coefficient (Wildman–Crippen LogP) is 1.67. The fraction of sp³-hybridized carbons (Fsp3) is 0.833. The molecule has 0 atom stereocenters. The van der Waals surface area contributed by atoms with Crippen molar-refractivity contribution in [1.29, 1.82) is 5.26 Å². The minimum Gasteiger partial charge on any atom is -0.481 e. The second-order valence-electron chi connectivity index (χ2n) is 5.12. The van der Waals surface area contributed by atoms with Crippen LogP contribution in [0.2, 0.25) is 0 Å². The van der Waals surface area contributed by atoms with Gasteiger partial charge < -0.3 is 5.11 Å². The van der Waals surface area contributed by atoms with Gasteiger partial charge in [-0.3, -0.25) is 10.1 Å². The summed E-state index contributed by atoms with van der Waals surface area (Å²) in [6.07, 6.45) is 6.92. The Bertz CT molecular complexity index is 309. The van der Waals surface area contributed by atoms with Gasteiger partial charge in [0.25, 0.3) is 0 Å². The summed E-state index contributed by atoms with van der Waals surface area (Å²) in [5.41, 5.74) is -0.551. The van der Waals surface area contributed by atoms with E-state index in [2.05, 4.69) is 11.4 Å². The zero-order valence-corrected chi connectivity index (χ0v) is 9.41. The molecule has 0 spiro atoms. The zero-order valence-electron chi connectivity index (χ0n) is 9.41. The average molecular weight is 222 g/mol.